The van der Waals surface area contributed by atoms with Crippen LogP contribution in [0.5, 0.6) is 0 Å². The van der Waals surface area contributed by atoms with Gasteiger partial charge in [-0.2, -0.15) is 0 Å². The summed E-state index contributed by atoms with van der Waals surface area (Å²) in [6, 6.07) is 8.48. The molecule has 0 saturated heterocycles. The molecular formula is C17H20O. The van der Waals surface area contributed by atoms with Crippen molar-refractivity contribution < 1.29 is 4.79 Å². The van der Waals surface area contributed by atoms with E-state index in [2.05, 4.69) is 31.2 Å². The molecule has 0 amide bonds. The molecule has 18 heavy (non-hydrogen) atoms. The molecule has 0 bridgehead atoms. The Morgan fingerprint density at radius 3 is 2.72 bits per heavy atom. The minimum atomic E-state index is 0.392. The average Bonchev–Trinajstić information content (AvgIpc) is 2.38. The first-order valence-electron chi connectivity index (χ1n) is 7.06. The Balaban J connectivity index is 2.11. The van der Waals surface area contributed by atoms with Gasteiger partial charge >= 0.3 is 0 Å². The van der Waals surface area contributed by atoms with Crippen LogP contribution in [-0.2, 0) is 11.2 Å². The van der Waals surface area contributed by atoms with Gasteiger partial charge in [-0.25, -0.2) is 0 Å². The fraction of sp³-hybridized carbons (Fsp3) is 0.471. The van der Waals surface area contributed by atoms with E-state index in [-0.39, 0.29) is 0 Å². The van der Waals surface area contributed by atoms with Crippen molar-refractivity contribution in [3.63, 3.8) is 0 Å². The van der Waals surface area contributed by atoms with Crippen LogP contribution in [0.1, 0.15) is 56.1 Å². The zero-order chi connectivity index (χ0) is 12.5. The lowest BCUT2D eigenvalue weighted by Crippen LogP contribution is -2.17. The molecule has 1 aromatic rings. The third kappa shape index (κ3) is 2.03. The molecule has 1 heteroatoms. The summed E-state index contributed by atoms with van der Waals surface area (Å²) in [6.45, 7) is 2.31. The van der Waals surface area contributed by atoms with Gasteiger partial charge in [-0.05, 0) is 36.8 Å². The van der Waals surface area contributed by atoms with Gasteiger partial charge in [0.1, 0.15) is 5.78 Å². The van der Waals surface area contributed by atoms with Crippen molar-refractivity contribution >= 4 is 5.78 Å². The lowest BCUT2D eigenvalue weighted by Gasteiger charge is -2.29. The Bertz CT molecular complexity index is 510. The summed E-state index contributed by atoms with van der Waals surface area (Å²) < 4.78 is 0. The molecule has 1 atom stereocenters. The van der Waals surface area contributed by atoms with Crippen LogP contribution in [0, 0.1) is 0 Å². The van der Waals surface area contributed by atoms with E-state index in [0.717, 1.165) is 6.42 Å². The summed E-state index contributed by atoms with van der Waals surface area (Å²) >= 11 is 0. The van der Waals surface area contributed by atoms with Crippen LogP contribution in [0.25, 0.3) is 0 Å². The minimum Gasteiger partial charge on any atom is -0.299 e. The number of ketones is 1. The third-order valence-corrected chi connectivity index (χ3v) is 4.47. The topological polar surface area (TPSA) is 17.1 Å². The summed E-state index contributed by atoms with van der Waals surface area (Å²) in [6.07, 6.45) is 6.22. The van der Waals surface area contributed by atoms with Gasteiger partial charge in [0.15, 0.2) is 0 Å². The number of Topliss-reactive ketones (excluding diaryl/α,β-unsaturated/α-hetero) is 1. The van der Waals surface area contributed by atoms with E-state index < -0.39 is 0 Å². The molecule has 0 spiro atoms. The smallest absolute Gasteiger partial charge is 0.141 e. The van der Waals surface area contributed by atoms with Gasteiger partial charge in [0.25, 0.3) is 0 Å². The molecule has 0 saturated carbocycles. The van der Waals surface area contributed by atoms with Gasteiger partial charge < -0.3 is 0 Å². The standard InChI is InChI=1S/C17H20O/c1-12-16-8-4-2-6-13(16)10-15(18)11-14-7-3-5-9-17(12)14/h2,4,6,8,12H,3,5,7,9-11H2,1H3. The number of hydrogen-bond acceptors (Lipinski definition) is 1. The molecule has 0 N–H and O–H groups in total. The lowest BCUT2D eigenvalue weighted by molar-refractivity contribution is -0.117. The van der Waals surface area contributed by atoms with E-state index in [9.17, 15) is 4.79 Å². The highest BCUT2D eigenvalue weighted by molar-refractivity contribution is 5.84. The monoisotopic (exact) mass is 240 g/mol. The quantitative estimate of drug-likeness (QED) is 0.622. The molecule has 0 aromatic heterocycles. The number of hydrogen-bond donors (Lipinski definition) is 0. The number of rotatable bonds is 0. The van der Waals surface area contributed by atoms with Crippen molar-refractivity contribution in [2.24, 2.45) is 0 Å². The first-order chi connectivity index (χ1) is 8.75. The van der Waals surface area contributed by atoms with E-state index in [4.69, 9.17) is 0 Å². The summed E-state index contributed by atoms with van der Waals surface area (Å²) in [5, 5.41) is 0. The van der Waals surface area contributed by atoms with Crippen LogP contribution >= 0.6 is 0 Å². The van der Waals surface area contributed by atoms with Crippen molar-refractivity contribution in [1.29, 1.82) is 0 Å². The Hall–Kier alpha value is -1.37. The summed E-state index contributed by atoms with van der Waals surface area (Å²) in [4.78, 5) is 12.1. The maximum atomic E-state index is 12.1. The molecular weight excluding hydrogens is 220 g/mol. The molecule has 0 heterocycles. The van der Waals surface area contributed by atoms with Gasteiger partial charge in [0.2, 0.25) is 0 Å². The molecule has 2 aliphatic rings. The van der Waals surface area contributed by atoms with Gasteiger partial charge in [-0.15, -0.1) is 0 Å². The van der Waals surface area contributed by atoms with E-state index in [1.807, 2.05) is 0 Å². The molecule has 94 valence electrons. The van der Waals surface area contributed by atoms with E-state index in [1.165, 1.54) is 36.0 Å². The van der Waals surface area contributed by atoms with Gasteiger partial charge in [0.05, 0.1) is 0 Å². The maximum Gasteiger partial charge on any atom is 0.141 e. The Kier molecular flexibility index (Phi) is 3.07. The molecule has 0 radical (unpaired) electrons. The number of fused-ring (bicyclic) bond motifs is 1. The van der Waals surface area contributed by atoms with E-state index in [1.54, 1.807) is 5.57 Å². The molecule has 0 fully saturated rings. The van der Waals surface area contributed by atoms with E-state index in [0.29, 0.717) is 24.5 Å². The zero-order valence-electron chi connectivity index (χ0n) is 11.0. The average molecular weight is 240 g/mol. The Labute approximate surface area is 109 Å². The Morgan fingerprint density at radius 1 is 1.06 bits per heavy atom. The first kappa shape index (κ1) is 11.7. The molecule has 1 nitrogen and oxygen atoms in total. The van der Waals surface area contributed by atoms with Gasteiger partial charge in [0, 0.05) is 18.8 Å². The van der Waals surface area contributed by atoms with Crippen molar-refractivity contribution in [2.45, 2.75) is 51.4 Å². The largest absolute Gasteiger partial charge is 0.299 e. The predicted molar refractivity (Wildman–Crippen MR) is 73.7 cm³/mol. The number of allylic oxidation sites excluding steroid dienone is 2. The second-order valence-corrected chi connectivity index (χ2v) is 5.65. The maximum absolute atomic E-state index is 12.1. The van der Waals surface area contributed by atoms with Crippen LogP contribution in [0.3, 0.4) is 0 Å². The van der Waals surface area contributed by atoms with Crippen LogP contribution < -0.4 is 0 Å². The number of carbonyl (C=O) groups excluding carboxylic acids is 1. The minimum absolute atomic E-state index is 0.392. The summed E-state index contributed by atoms with van der Waals surface area (Å²) in [5.74, 6) is 0.897. The molecule has 1 aromatic carbocycles. The van der Waals surface area contributed by atoms with Crippen molar-refractivity contribution in [1.82, 2.24) is 0 Å². The van der Waals surface area contributed by atoms with Crippen LogP contribution in [-0.4, -0.2) is 5.78 Å². The molecule has 3 rings (SSSR count). The fourth-order valence-electron chi connectivity index (χ4n) is 3.53. The summed E-state index contributed by atoms with van der Waals surface area (Å²) in [5.41, 5.74) is 5.63. The van der Waals surface area contributed by atoms with Crippen molar-refractivity contribution in [3.05, 3.63) is 46.5 Å². The molecule has 2 aliphatic carbocycles. The second-order valence-electron chi connectivity index (χ2n) is 5.65. The summed E-state index contributed by atoms with van der Waals surface area (Å²) in [7, 11) is 0. The number of carbonyl (C=O) groups is 1. The SMILES string of the molecule is CC1C2=C(CCCC2)CC(=O)Cc2ccccc21. The lowest BCUT2D eigenvalue weighted by atomic mass is 9.76. The highest BCUT2D eigenvalue weighted by Crippen LogP contribution is 2.39. The molecule has 0 aliphatic heterocycles. The van der Waals surface area contributed by atoms with Gasteiger partial charge in [-0.3, -0.25) is 4.79 Å². The van der Waals surface area contributed by atoms with Crippen molar-refractivity contribution in [3.8, 4) is 0 Å². The molecule has 1 unspecified atom stereocenters. The third-order valence-electron chi connectivity index (χ3n) is 4.47. The van der Waals surface area contributed by atoms with Gasteiger partial charge in [-0.1, -0.05) is 42.3 Å². The number of benzene rings is 1. The zero-order valence-corrected chi connectivity index (χ0v) is 11.0. The Morgan fingerprint density at radius 2 is 1.83 bits per heavy atom. The second kappa shape index (κ2) is 4.72. The van der Waals surface area contributed by atoms with E-state index >= 15 is 0 Å². The fourth-order valence-corrected chi connectivity index (χ4v) is 3.53. The predicted octanol–water partition coefficient (Wildman–Crippen LogP) is 4.18. The van der Waals surface area contributed by atoms with Crippen LogP contribution in [0.15, 0.2) is 35.4 Å². The highest BCUT2D eigenvalue weighted by Gasteiger charge is 2.25. The van der Waals surface area contributed by atoms with Crippen molar-refractivity contribution in [2.75, 3.05) is 0 Å². The first-order valence-corrected chi connectivity index (χ1v) is 7.06. The van der Waals surface area contributed by atoms with Crippen LogP contribution in [0.2, 0.25) is 0 Å². The highest BCUT2D eigenvalue weighted by atomic mass is 16.1. The normalized spacial score (nSPS) is 24.1. The van der Waals surface area contributed by atoms with Crippen LogP contribution in [0.4, 0.5) is 0 Å².